The van der Waals surface area contributed by atoms with Gasteiger partial charge in [-0.1, -0.05) is 52.3 Å². The monoisotopic (exact) mass is 499 g/mol. The molecule has 1 aliphatic heterocycles. The Morgan fingerprint density at radius 1 is 1.03 bits per heavy atom. The molecule has 0 spiro atoms. The first-order chi connectivity index (χ1) is 16.0. The summed E-state index contributed by atoms with van der Waals surface area (Å²) in [4.78, 5) is 27.1. The molecule has 0 saturated carbocycles. The van der Waals surface area contributed by atoms with Crippen LogP contribution >= 0.6 is 15.9 Å². The third-order valence-electron chi connectivity index (χ3n) is 5.57. The van der Waals surface area contributed by atoms with Gasteiger partial charge in [0.15, 0.2) is 0 Å². The molecule has 0 unspecified atom stereocenters. The molecule has 5 rings (SSSR count). The maximum Gasteiger partial charge on any atom is 0.271 e. The van der Waals surface area contributed by atoms with Gasteiger partial charge in [0.25, 0.3) is 11.8 Å². The van der Waals surface area contributed by atoms with Gasteiger partial charge in [0.05, 0.1) is 18.4 Å². The molecule has 6 nitrogen and oxygen atoms in total. The van der Waals surface area contributed by atoms with Crippen molar-refractivity contribution in [1.82, 2.24) is 5.43 Å². The van der Waals surface area contributed by atoms with Crippen molar-refractivity contribution >= 4 is 50.4 Å². The number of rotatable bonds is 5. The highest BCUT2D eigenvalue weighted by molar-refractivity contribution is 9.10. The van der Waals surface area contributed by atoms with Crippen molar-refractivity contribution in [2.24, 2.45) is 5.10 Å². The molecule has 1 aliphatic rings. The first kappa shape index (κ1) is 20.9. The van der Waals surface area contributed by atoms with Gasteiger partial charge < -0.3 is 10.0 Å². The number of amides is 2. The van der Waals surface area contributed by atoms with Crippen molar-refractivity contribution in [3.8, 4) is 5.75 Å². The zero-order valence-corrected chi connectivity index (χ0v) is 18.9. The summed E-state index contributed by atoms with van der Waals surface area (Å²) in [6.45, 7) is 0.412. The van der Waals surface area contributed by atoms with Crippen LogP contribution < -0.4 is 10.3 Å². The van der Waals surface area contributed by atoms with Crippen molar-refractivity contribution < 1.29 is 14.7 Å². The summed E-state index contributed by atoms with van der Waals surface area (Å²) in [6.07, 6.45) is 1.38. The van der Waals surface area contributed by atoms with Crippen LogP contribution in [0.15, 0.2) is 88.4 Å². The van der Waals surface area contributed by atoms with E-state index in [0.29, 0.717) is 23.2 Å². The number of carbonyl (C=O) groups excluding carboxylic acids is 2. The fourth-order valence-corrected chi connectivity index (χ4v) is 4.31. The second kappa shape index (κ2) is 8.52. The number of hydrogen-bond donors (Lipinski definition) is 2. The first-order valence-electron chi connectivity index (χ1n) is 10.3. The van der Waals surface area contributed by atoms with E-state index in [1.807, 2.05) is 48.5 Å². The van der Waals surface area contributed by atoms with Crippen molar-refractivity contribution in [2.45, 2.75) is 6.54 Å². The number of nitrogens with one attached hydrogen (secondary N) is 1. The van der Waals surface area contributed by atoms with E-state index in [-0.39, 0.29) is 17.6 Å². The highest BCUT2D eigenvalue weighted by Crippen LogP contribution is 2.37. The lowest BCUT2D eigenvalue weighted by atomic mass is 10.1. The molecule has 2 amide bonds. The molecule has 0 atom stereocenters. The Morgan fingerprint density at radius 2 is 1.79 bits per heavy atom. The van der Waals surface area contributed by atoms with E-state index in [4.69, 9.17) is 0 Å². The minimum absolute atomic E-state index is 0.0197. The van der Waals surface area contributed by atoms with E-state index in [0.717, 1.165) is 26.5 Å². The molecule has 4 aromatic rings. The maximum absolute atomic E-state index is 13.0. The van der Waals surface area contributed by atoms with Crippen LogP contribution in [0.2, 0.25) is 0 Å². The van der Waals surface area contributed by atoms with Crippen LogP contribution in [0, 0.1) is 0 Å². The third-order valence-corrected chi connectivity index (χ3v) is 6.06. The summed E-state index contributed by atoms with van der Waals surface area (Å²) in [5, 5.41) is 15.8. The second-order valence-corrected chi connectivity index (χ2v) is 8.59. The smallest absolute Gasteiger partial charge is 0.271 e. The second-order valence-electron chi connectivity index (χ2n) is 7.67. The topological polar surface area (TPSA) is 82.0 Å². The average molecular weight is 500 g/mol. The fraction of sp³-hybridized carbons (Fsp3) is 0.0385. The minimum atomic E-state index is -0.373. The quantitative estimate of drug-likeness (QED) is 0.291. The first-order valence-corrected chi connectivity index (χ1v) is 11.0. The summed E-state index contributed by atoms with van der Waals surface area (Å²) in [5.74, 6) is -0.328. The van der Waals surface area contributed by atoms with Gasteiger partial charge in [0.2, 0.25) is 0 Å². The largest absolute Gasteiger partial charge is 0.507 e. The van der Waals surface area contributed by atoms with Gasteiger partial charge >= 0.3 is 0 Å². The number of nitrogens with zero attached hydrogens (tertiary/aromatic N) is 2. The van der Waals surface area contributed by atoms with Gasteiger partial charge in [-0.3, -0.25) is 9.59 Å². The van der Waals surface area contributed by atoms with Gasteiger partial charge in [-0.15, -0.1) is 0 Å². The number of benzene rings is 4. The molecule has 162 valence electrons. The van der Waals surface area contributed by atoms with Crippen LogP contribution in [0.4, 0.5) is 5.69 Å². The normalized spacial score (nSPS) is 12.6. The zero-order chi connectivity index (χ0) is 22.9. The molecule has 2 N–H and O–H groups in total. The molecular weight excluding hydrogens is 482 g/mol. The van der Waals surface area contributed by atoms with Gasteiger partial charge in [-0.2, -0.15) is 5.10 Å². The molecule has 33 heavy (non-hydrogen) atoms. The summed E-state index contributed by atoms with van der Waals surface area (Å²) < 4.78 is 0.791. The Bertz CT molecular complexity index is 1430. The van der Waals surface area contributed by atoms with E-state index in [1.54, 1.807) is 29.2 Å². The SMILES string of the molecule is O=C(N/N=C\c1cc(Br)ccc1O)c1ccc(CN2C(=O)c3cccc4cccc2c34)cc1. The van der Waals surface area contributed by atoms with Crippen molar-refractivity contribution in [3.63, 3.8) is 0 Å². The van der Waals surface area contributed by atoms with Crippen LogP contribution in [0.5, 0.6) is 5.75 Å². The molecule has 1 heterocycles. The number of anilines is 1. The summed E-state index contributed by atoms with van der Waals surface area (Å²) in [7, 11) is 0. The molecule has 0 saturated heterocycles. The van der Waals surface area contributed by atoms with Gasteiger partial charge in [0, 0.05) is 26.5 Å². The number of phenols is 1. The number of carbonyl (C=O) groups is 2. The summed E-state index contributed by atoms with van der Waals surface area (Å²) in [5.41, 5.74) is 5.90. The maximum atomic E-state index is 13.0. The summed E-state index contributed by atoms with van der Waals surface area (Å²) in [6, 6.07) is 23.7. The predicted molar refractivity (Wildman–Crippen MR) is 132 cm³/mol. The lowest BCUT2D eigenvalue weighted by Gasteiger charge is -2.18. The van der Waals surface area contributed by atoms with Gasteiger partial charge in [-0.05, 0) is 53.4 Å². The number of hydrazone groups is 1. The number of phenolic OH excluding ortho intramolecular Hbond substituents is 1. The number of hydrogen-bond acceptors (Lipinski definition) is 4. The highest BCUT2D eigenvalue weighted by Gasteiger charge is 2.29. The van der Waals surface area contributed by atoms with Gasteiger partial charge in [-0.25, -0.2) is 5.43 Å². The van der Waals surface area contributed by atoms with E-state index in [9.17, 15) is 14.7 Å². The molecule has 0 bridgehead atoms. The Kier molecular flexibility index (Phi) is 5.40. The van der Waals surface area contributed by atoms with E-state index >= 15 is 0 Å². The lowest BCUT2D eigenvalue weighted by molar-refractivity contribution is 0.0953. The average Bonchev–Trinajstić information content (AvgIpc) is 3.10. The van der Waals surface area contributed by atoms with Crippen LogP contribution in [0.25, 0.3) is 10.8 Å². The summed E-state index contributed by atoms with van der Waals surface area (Å²) >= 11 is 3.33. The highest BCUT2D eigenvalue weighted by atomic mass is 79.9. The molecule has 7 heteroatoms. The van der Waals surface area contributed by atoms with Crippen LogP contribution in [-0.4, -0.2) is 23.1 Å². The Hall–Kier alpha value is -3.97. The molecule has 4 aromatic carbocycles. The Balaban J connectivity index is 1.28. The number of halogens is 1. The van der Waals surface area contributed by atoms with E-state index < -0.39 is 0 Å². The van der Waals surface area contributed by atoms with Gasteiger partial charge in [0.1, 0.15) is 5.75 Å². The Labute approximate surface area is 198 Å². The standard InChI is InChI=1S/C26H18BrN3O3/c27-20-11-12-23(31)19(13-20)14-28-29-25(32)18-9-7-16(8-10-18)15-30-22-6-2-4-17-3-1-5-21(24(17)22)26(30)33/h1-14,31H,15H2,(H,29,32)/b28-14-. The zero-order valence-electron chi connectivity index (χ0n) is 17.3. The van der Waals surface area contributed by atoms with Crippen molar-refractivity contribution in [2.75, 3.05) is 4.90 Å². The van der Waals surface area contributed by atoms with Crippen LogP contribution in [-0.2, 0) is 6.54 Å². The van der Waals surface area contributed by atoms with E-state index in [2.05, 4.69) is 26.5 Å². The third kappa shape index (κ3) is 3.99. The van der Waals surface area contributed by atoms with Crippen molar-refractivity contribution in [3.05, 3.63) is 106 Å². The van der Waals surface area contributed by atoms with Crippen LogP contribution in [0.1, 0.15) is 31.8 Å². The fourth-order valence-electron chi connectivity index (χ4n) is 3.93. The van der Waals surface area contributed by atoms with E-state index in [1.165, 1.54) is 12.3 Å². The molecule has 0 aromatic heterocycles. The Morgan fingerprint density at radius 3 is 2.58 bits per heavy atom. The molecule has 0 aliphatic carbocycles. The van der Waals surface area contributed by atoms with Crippen molar-refractivity contribution in [1.29, 1.82) is 0 Å². The molecule has 0 fully saturated rings. The lowest BCUT2D eigenvalue weighted by Crippen LogP contribution is -2.26. The number of aromatic hydroxyl groups is 1. The molecule has 0 radical (unpaired) electrons. The minimum Gasteiger partial charge on any atom is -0.507 e. The molecular formula is C26H18BrN3O3. The predicted octanol–water partition coefficient (Wildman–Crippen LogP) is 5.23. The van der Waals surface area contributed by atoms with Crippen LogP contribution in [0.3, 0.4) is 0 Å².